The first-order chi connectivity index (χ1) is 14.0. The molecule has 1 heterocycles. The number of ether oxygens (including phenoxy) is 2. The molecule has 30 heavy (non-hydrogen) atoms. The van der Waals surface area contributed by atoms with Gasteiger partial charge in [-0.15, -0.1) is 0 Å². The number of nitro benzene ring substituents is 1. The number of hydrogen-bond acceptors (Lipinski definition) is 5. The third kappa shape index (κ3) is 5.31. The average Bonchev–Trinajstić information content (AvgIpc) is 2.96. The van der Waals surface area contributed by atoms with Crippen LogP contribution in [-0.2, 0) is 11.5 Å². The molecule has 0 aliphatic rings. The highest BCUT2D eigenvalue weighted by molar-refractivity contribution is 6.76. The van der Waals surface area contributed by atoms with E-state index >= 15 is 0 Å². The maximum atomic E-state index is 10.9. The number of fused-ring (bicyclic) bond motifs is 1. The zero-order valence-corrected chi connectivity index (χ0v) is 19.8. The van der Waals surface area contributed by atoms with Crippen LogP contribution >= 0.6 is 23.2 Å². The summed E-state index contributed by atoms with van der Waals surface area (Å²) in [6, 6.07) is 9.02. The highest BCUT2D eigenvalue weighted by Crippen LogP contribution is 2.40. The third-order valence-corrected chi connectivity index (χ3v) is 6.80. The van der Waals surface area contributed by atoms with Gasteiger partial charge in [-0.3, -0.25) is 10.1 Å². The first kappa shape index (κ1) is 22.5. The number of hydrogen-bond donors (Lipinski definition) is 0. The van der Waals surface area contributed by atoms with Crippen molar-refractivity contribution >= 4 is 47.9 Å². The fourth-order valence-corrected chi connectivity index (χ4v) is 4.19. The predicted molar refractivity (Wildman–Crippen MR) is 122 cm³/mol. The lowest BCUT2D eigenvalue weighted by Gasteiger charge is -2.15. The van der Waals surface area contributed by atoms with Gasteiger partial charge in [0.05, 0.1) is 26.2 Å². The Morgan fingerprint density at radius 1 is 1.17 bits per heavy atom. The number of aromatic nitrogens is 2. The van der Waals surface area contributed by atoms with Crippen molar-refractivity contribution in [2.45, 2.75) is 39.3 Å². The lowest BCUT2D eigenvalue weighted by atomic mass is 10.2. The first-order valence-electron chi connectivity index (χ1n) is 9.41. The Balaban J connectivity index is 1.80. The van der Waals surface area contributed by atoms with Crippen LogP contribution in [0.2, 0.25) is 35.7 Å². The minimum absolute atomic E-state index is 0.0671. The van der Waals surface area contributed by atoms with Gasteiger partial charge in [0.2, 0.25) is 0 Å². The van der Waals surface area contributed by atoms with Crippen molar-refractivity contribution in [2.24, 2.45) is 0 Å². The minimum atomic E-state index is -1.14. The summed E-state index contributed by atoms with van der Waals surface area (Å²) < 4.78 is 13.5. The molecule has 10 heteroatoms. The SMILES string of the molecule is Cc1nn(COCC[Si](C)(C)C)c2ccc(Oc3c(Cl)cc([N+](=O)[O-])cc3Cl)cc12. The third-order valence-electron chi connectivity index (χ3n) is 4.53. The van der Waals surface area contributed by atoms with E-state index in [1.807, 2.05) is 23.7 Å². The lowest BCUT2D eigenvalue weighted by molar-refractivity contribution is -0.384. The van der Waals surface area contributed by atoms with Crippen molar-refractivity contribution in [2.75, 3.05) is 6.61 Å². The van der Waals surface area contributed by atoms with E-state index in [9.17, 15) is 10.1 Å². The van der Waals surface area contributed by atoms with Crippen LogP contribution in [0.4, 0.5) is 5.69 Å². The van der Waals surface area contributed by atoms with Gasteiger partial charge in [-0.25, -0.2) is 4.68 Å². The molecule has 0 spiro atoms. The van der Waals surface area contributed by atoms with Gasteiger partial charge < -0.3 is 9.47 Å². The van der Waals surface area contributed by atoms with E-state index in [-0.39, 0.29) is 21.5 Å². The van der Waals surface area contributed by atoms with Gasteiger partial charge >= 0.3 is 0 Å². The van der Waals surface area contributed by atoms with E-state index in [4.69, 9.17) is 32.7 Å². The summed E-state index contributed by atoms with van der Waals surface area (Å²) in [5.74, 6) is 0.672. The van der Waals surface area contributed by atoms with Crippen molar-refractivity contribution in [1.29, 1.82) is 0 Å². The Labute approximate surface area is 185 Å². The molecule has 0 aliphatic heterocycles. The fourth-order valence-electron chi connectivity index (χ4n) is 2.88. The average molecular weight is 468 g/mol. The van der Waals surface area contributed by atoms with Gasteiger partial charge in [0.1, 0.15) is 12.5 Å². The van der Waals surface area contributed by atoms with Gasteiger partial charge in [0.15, 0.2) is 5.75 Å². The Morgan fingerprint density at radius 2 is 1.83 bits per heavy atom. The maximum Gasteiger partial charge on any atom is 0.272 e. The molecule has 0 amide bonds. The normalized spacial score (nSPS) is 11.8. The number of nitro groups is 1. The molecule has 1 aromatic heterocycles. The van der Waals surface area contributed by atoms with Crippen molar-refractivity contribution in [3.63, 3.8) is 0 Å². The second kappa shape index (κ2) is 8.93. The molecule has 7 nitrogen and oxygen atoms in total. The molecular weight excluding hydrogens is 445 g/mol. The largest absolute Gasteiger partial charge is 0.454 e. The second-order valence-corrected chi connectivity index (χ2v) is 14.6. The molecule has 0 radical (unpaired) electrons. The molecule has 0 N–H and O–H groups in total. The van der Waals surface area contributed by atoms with E-state index in [2.05, 4.69) is 24.7 Å². The molecular formula is C20H23Cl2N3O4Si. The maximum absolute atomic E-state index is 10.9. The van der Waals surface area contributed by atoms with Crippen LogP contribution in [0.5, 0.6) is 11.5 Å². The van der Waals surface area contributed by atoms with Crippen molar-refractivity contribution in [3.8, 4) is 11.5 Å². The molecule has 3 aromatic rings. The Bertz CT molecular complexity index is 1070. The topological polar surface area (TPSA) is 79.4 Å². The Morgan fingerprint density at radius 3 is 2.43 bits per heavy atom. The van der Waals surface area contributed by atoms with E-state index in [0.717, 1.165) is 22.6 Å². The number of rotatable bonds is 8. The van der Waals surface area contributed by atoms with Crippen molar-refractivity contribution < 1.29 is 14.4 Å². The summed E-state index contributed by atoms with van der Waals surface area (Å²) in [5.41, 5.74) is 1.57. The quantitative estimate of drug-likeness (QED) is 0.160. The van der Waals surface area contributed by atoms with E-state index < -0.39 is 13.0 Å². The molecule has 0 unspecified atom stereocenters. The number of non-ortho nitro benzene ring substituents is 1. The molecule has 0 fully saturated rings. The number of halogens is 2. The summed E-state index contributed by atoms with van der Waals surface area (Å²) in [5, 5.41) is 16.5. The molecule has 2 aromatic carbocycles. The number of nitrogens with zero attached hydrogens (tertiary/aromatic N) is 3. The van der Waals surface area contributed by atoms with Crippen LogP contribution < -0.4 is 4.74 Å². The molecule has 160 valence electrons. The molecule has 0 saturated heterocycles. The first-order valence-corrected chi connectivity index (χ1v) is 13.9. The molecule has 3 rings (SSSR count). The van der Waals surface area contributed by atoms with E-state index in [1.165, 1.54) is 12.1 Å². The smallest absolute Gasteiger partial charge is 0.272 e. The lowest BCUT2D eigenvalue weighted by Crippen LogP contribution is -2.22. The van der Waals surface area contributed by atoms with Crippen LogP contribution in [0.15, 0.2) is 30.3 Å². The van der Waals surface area contributed by atoms with Crippen LogP contribution in [-0.4, -0.2) is 29.4 Å². The zero-order valence-electron chi connectivity index (χ0n) is 17.2. The molecule has 0 bridgehead atoms. The fraction of sp³-hybridized carbons (Fsp3) is 0.350. The van der Waals surface area contributed by atoms with Crippen LogP contribution in [0.1, 0.15) is 5.69 Å². The zero-order chi connectivity index (χ0) is 22.1. The van der Waals surface area contributed by atoms with Crippen LogP contribution in [0.25, 0.3) is 10.9 Å². The van der Waals surface area contributed by atoms with Gasteiger partial charge in [0.25, 0.3) is 5.69 Å². The summed E-state index contributed by atoms with van der Waals surface area (Å²) >= 11 is 12.3. The Hall–Kier alpha value is -2.13. The Kier molecular flexibility index (Phi) is 6.71. The van der Waals surface area contributed by atoms with Gasteiger partial charge in [-0.1, -0.05) is 42.8 Å². The van der Waals surface area contributed by atoms with E-state index in [0.29, 0.717) is 19.1 Å². The highest BCUT2D eigenvalue weighted by Gasteiger charge is 2.17. The monoisotopic (exact) mass is 467 g/mol. The molecule has 0 aliphatic carbocycles. The highest BCUT2D eigenvalue weighted by atomic mass is 35.5. The summed E-state index contributed by atoms with van der Waals surface area (Å²) in [6.07, 6.45) is 0. The van der Waals surface area contributed by atoms with Crippen LogP contribution in [0, 0.1) is 17.0 Å². The minimum Gasteiger partial charge on any atom is -0.454 e. The number of aryl methyl sites for hydroxylation is 1. The van der Waals surface area contributed by atoms with Crippen LogP contribution in [0.3, 0.4) is 0 Å². The standard InChI is InChI=1S/C20H23Cl2N3O4Si/c1-13-16-11-15(29-20-17(21)9-14(25(26)27)10-18(20)22)5-6-19(16)24(23-13)12-28-7-8-30(2,3)4/h5-6,9-11H,7-8,12H2,1-4H3. The van der Waals surface area contributed by atoms with Crippen molar-refractivity contribution in [3.05, 3.63) is 56.2 Å². The number of benzene rings is 2. The second-order valence-electron chi connectivity index (χ2n) is 8.21. The summed E-state index contributed by atoms with van der Waals surface area (Å²) in [6.45, 7) is 9.96. The molecule has 0 saturated carbocycles. The summed E-state index contributed by atoms with van der Waals surface area (Å²) in [7, 11) is -1.14. The van der Waals surface area contributed by atoms with Gasteiger partial charge in [-0.05, 0) is 31.2 Å². The molecule has 0 atom stereocenters. The summed E-state index contributed by atoms with van der Waals surface area (Å²) in [4.78, 5) is 10.4. The predicted octanol–water partition coefficient (Wildman–Crippen LogP) is 6.66. The van der Waals surface area contributed by atoms with Gasteiger partial charge in [-0.2, -0.15) is 5.10 Å². The van der Waals surface area contributed by atoms with Crippen molar-refractivity contribution in [1.82, 2.24) is 9.78 Å². The van der Waals surface area contributed by atoms with E-state index in [1.54, 1.807) is 6.07 Å². The van der Waals surface area contributed by atoms with Gasteiger partial charge in [0, 0.05) is 32.2 Å².